The van der Waals surface area contributed by atoms with Gasteiger partial charge in [-0.3, -0.25) is 9.79 Å². The summed E-state index contributed by atoms with van der Waals surface area (Å²) in [7, 11) is -4.84. The third-order valence-electron chi connectivity index (χ3n) is 5.78. The summed E-state index contributed by atoms with van der Waals surface area (Å²) < 4.78 is 17.5. The minimum atomic E-state index is -4.84. The van der Waals surface area contributed by atoms with Crippen molar-refractivity contribution in [2.45, 2.75) is 0 Å². The maximum Gasteiger partial charge on any atom is 0.524 e. The lowest BCUT2D eigenvalue weighted by atomic mass is 9.82. The Hall–Kier alpha value is -3.95. The van der Waals surface area contributed by atoms with Gasteiger partial charge in [0.15, 0.2) is 0 Å². The molecule has 0 saturated heterocycles. The highest BCUT2D eigenvalue weighted by molar-refractivity contribution is 7.46. The lowest BCUT2D eigenvalue weighted by molar-refractivity contribution is 0.283. The summed E-state index contributed by atoms with van der Waals surface area (Å²) in [6.45, 7) is 0. The molecule has 35 heavy (non-hydrogen) atoms. The highest BCUT2D eigenvalue weighted by Crippen LogP contribution is 2.53. The predicted molar refractivity (Wildman–Crippen MR) is 141 cm³/mol. The molecule has 2 N–H and O–H groups in total. The predicted octanol–water partition coefficient (Wildman–Crippen LogP) is 7.83. The van der Waals surface area contributed by atoms with Crippen molar-refractivity contribution in [2.24, 2.45) is 0 Å². The van der Waals surface area contributed by atoms with Gasteiger partial charge in [0, 0.05) is 11.1 Å². The fourth-order valence-corrected chi connectivity index (χ4v) is 4.79. The van der Waals surface area contributed by atoms with Crippen molar-refractivity contribution in [3.63, 3.8) is 0 Å². The lowest BCUT2D eigenvalue weighted by Crippen LogP contribution is -2.00. The first kappa shape index (κ1) is 22.8. The van der Waals surface area contributed by atoms with E-state index in [1.807, 2.05) is 121 Å². The molecule has 0 bridgehead atoms. The van der Waals surface area contributed by atoms with Gasteiger partial charge in [-0.2, -0.15) is 0 Å². The first-order chi connectivity index (χ1) is 17.0. The van der Waals surface area contributed by atoms with Crippen LogP contribution in [-0.4, -0.2) is 9.79 Å². The second-order valence-corrected chi connectivity index (χ2v) is 9.26. The van der Waals surface area contributed by atoms with E-state index in [1.54, 1.807) is 6.07 Å². The molecule has 5 aromatic carbocycles. The van der Waals surface area contributed by atoms with Crippen molar-refractivity contribution in [1.29, 1.82) is 0 Å². The van der Waals surface area contributed by atoms with Crippen molar-refractivity contribution in [3.05, 3.63) is 127 Å². The maximum atomic E-state index is 12.1. The largest absolute Gasteiger partial charge is 0.524 e. The standard InChI is InChI=1S/C30H23O4P/c31-35(32,33)34-27-21-26(22-13-5-1-6-14-22)28(23-15-7-2-8-16-23)30(25-19-11-4-12-20-25)29(27)24-17-9-3-10-18-24/h1-21H,(H2,31,32,33). The van der Waals surface area contributed by atoms with Gasteiger partial charge in [0.05, 0.1) is 0 Å². The van der Waals surface area contributed by atoms with Crippen LogP contribution in [0.1, 0.15) is 0 Å². The first-order valence-electron chi connectivity index (χ1n) is 11.2. The smallest absolute Gasteiger partial charge is 0.404 e. The Kier molecular flexibility index (Phi) is 6.35. The monoisotopic (exact) mass is 478 g/mol. The van der Waals surface area contributed by atoms with Gasteiger partial charge in [0.1, 0.15) is 5.75 Å². The van der Waals surface area contributed by atoms with Crippen LogP contribution in [0.4, 0.5) is 0 Å². The summed E-state index contributed by atoms with van der Waals surface area (Å²) >= 11 is 0. The van der Waals surface area contributed by atoms with Crippen molar-refractivity contribution in [3.8, 4) is 50.3 Å². The van der Waals surface area contributed by atoms with E-state index in [-0.39, 0.29) is 5.75 Å². The molecule has 0 unspecified atom stereocenters. The van der Waals surface area contributed by atoms with Gasteiger partial charge in [0.2, 0.25) is 0 Å². The summed E-state index contributed by atoms with van der Waals surface area (Å²) in [6, 6.07) is 41.0. The van der Waals surface area contributed by atoms with E-state index in [1.165, 1.54) is 0 Å². The molecule has 172 valence electrons. The third-order valence-corrected chi connectivity index (χ3v) is 6.22. The van der Waals surface area contributed by atoms with Gasteiger partial charge in [-0.25, -0.2) is 4.57 Å². The maximum absolute atomic E-state index is 12.1. The van der Waals surface area contributed by atoms with Crippen LogP contribution in [0.3, 0.4) is 0 Å². The molecule has 0 heterocycles. The van der Waals surface area contributed by atoms with E-state index < -0.39 is 7.82 Å². The van der Waals surface area contributed by atoms with E-state index >= 15 is 0 Å². The Labute approximate surface area is 204 Å². The van der Waals surface area contributed by atoms with Crippen LogP contribution in [0.15, 0.2) is 127 Å². The van der Waals surface area contributed by atoms with E-state index in [0.29, 0.717) is 5.56 Å². The second kappa shape index (κ2) is 9.73. The topological polar surface area (TPSA) is 66.8 Å². The van der Waals surface area contributed by atoms with Crippen molar-refractivity contribution in [2.75, 3.05) is 0 Å². The second-order valence-electron chi connectivity index (χ2n) is 8.09. The van der Waals surface area contributed by atoms with Gasteiger partial charge in [-0.05, 0) is 39.4 Å². The number of phosphoric ester groups is 1. The SMILES string of the molecule is O=P(O)(O)Oc1cc(-c2ccccc2)c(-c2ccccc2)c(-c2ccccc2)c1-c1ccccc1. The van der Waals surface area contributed by atoms with Gasteiger partial charge < -0.3 is 4.52 Å². The van der Waals surface area contributed by atoms with Crippen LogP contribution < -0.4 is 4.52 Å². The van der Waals surface area contributed by atoms with Crippen LogP contribution >= 0.6 is 7.82 Å². The third kappa shape index (κ3) is 4.96. The molecule has 0 spiro atoms. The molecule has 0 aromatic heterocycles. The average Bonchev–Trinajstić information content (AvgIpc) is 2.89. The van der Waals surface area contributed by atoms with Crippen molar-refractivity contribution >= 4 is 7.82 Å². The lowest BCUT2D eigenvalue weighted by Gasteiger charge is -2.24. The first-order valence-corrected chi connectivity index (χ1v) is 12.7. The number of rotatable bonds is 6. The number of benzene rings is 5. The summed E-state index contributed by atoms with van der Waals surface area (Å²) in [5.41, 5.74) is 6.86. The Balaban J connectivity index is 1.99. The molecule has 5 heteroatoms. The van der Waals surface area contributed by atoms with Gasteiger partial charge in [-0.15, -0.1) is 0 Å². The molecular weight excluding hydrogens is 455 g/mol. The average molecular weight is 478 g/mol. The summed E-state index contributed by atoms with van der Waals surface area (Å²) in [5.74, 6) is 0.127. The zero-order valence-electron chi connectivity index (χ0n) is 18.8. The van der Waals surface area contributed by atoms with Crippen LogP contribution in [0.2, 0.25) is 0 Å². The zero-order chi connectivity index (χ0) is 24.3. The Morgan fingerprint density at radius 2 is 0.857 bits per heavy atom. The molecular formula is C30H23O4P. The van der Waals surface area contributed by atoms with Crippen molar-refractivity contribution in [1.82, 2.24) is 0 Å². The highest BCUT2D eigenvalue weighted by atomic mass is 31.2. The van der Waals surface area contributed by atoms with E-state index in [4.69, 9.17) is 4.52 Å². The fourth-order valence-electron chi connectivity index (χ4n) is 4.39. The van der Waals surface area contributed by atoms with Crippen molar-refractivity contribution < 1.29 is 18.9 Å². The molecule has 0 aliphatic rings. The fraction of sp³-hybridized carbons (Fsp3) is 0. The van der Waals surface area contributed by atoms with E-state index in [9.17, 15) is 14.4 Å². The molecule has 0 atom stereocenters. The molecule has 0 saturated carbocycles. The van der Waals surface area contributed by atoms with Crippen LogP contribution in [-0.2, 0) is 4.57 Å². The zero-order valence-corrected chi connectivity index (χ0v) is 19.7. The molecule has 0 radical (unpaired) electrons. The number of phosphoric acid groups is 1. The van der Waals surface area contributed by atoms with E-state index in [2.05, 4.69) is 0 Å². The van der Waals surface area contributed by atoms with Crippen LogP contribution in [0.25, 0.3) is 44.5 Å². The molecule has 5 rings (SSSR count). The van der Waals surface area contributed by atoms with Gasteiger partial charge in [0.25, 0.3) is 0 Å². The highest BCUT2D eigenvalue weighted by Gasteiger charge is 2.27. The Morgan fingerprint density at radius 1 is 0.486 bits per heavy atom. The Bertz CT molecular complexity index is 1480. The summed E-state index contributed by atoms with van der Waals surface area (Å²) in [6.07, 6.45) is 0. The molecule has 5 aromatic rings. The minimum Gasteiger partial charge on any atom is -0.404 e. The molecule has 0 aliphatic heterocycles. The molecule has 0 amide bonds. The number of hydrogen-bond donors (Lipinski definition) is 2. The van der Waals surface area contributed by atoms with Crippen LogP contribution in [0.5, 0.6) is 5.75 Å². The molecule has 0 aliphatic carbocycles. The van der Waals surface area contributed by atoms with Gasteiger partial charge >= 0.3 is 7.82 Å². The van der Waals surface area contributed by atoms with Crippen LogP contribution in [0, 0.1) is 0 Å². The summed E-state index contributed by atoms with van der Waals surface area (Å²) in [4.78, 5) is 19.7. The summed E-state index contributed by atoms with van der Waals surface area (Å²) in [5, 5.41) is 0. The molecule has 4 nitrogen and oxygen atoms in total. The Morgan fingerprint density at radius 3 is 1.29 bits per heavy atom. The number of hydrogen-bond acceptors (Lipinski definition) is 2. The minimum absolute atomic E-state index is 0.127. The van der Waals surface area contributed by atoms with Gasteiger partial charge in [-0.1, -0.05) is 121 Å². The van der Waals surface area contributed by atoms with E-state index in [0.717, 1.165) is 38.9 Å². The quantitative estimate of drug-likeness (QED) is 0.244. The normalized spacial score (nSPS) is 11.3. The molecule has 0 fully saturated rings.